The van der Waals surface area contributed by atoms with E-state index in [9.17, 15) is 0 Å². The molecule has 1 heterocycles. The van der Waals surface area contributed by atoms with Gasteiger partial charge < -0.3 is 9.47 Å². The van der Waals surface area contributed by atoms with Crippen molar-refractivity contribution < 1.29 is 9.47 Å². The molecule has 0 aromatic rings. The van der Waals surface area contributed by atoms with E-state index >= 15 is 0 Å². The van der Waals surface area contributed by atoms with Crippen molar-refractivity contribution in [1.82, 2.24) is 0 Å². The Hall–Kier alpha value is -0.340. The average Bonchev–Trinajstić information content (AvgIpc) is 2.18. The van der Waals surface area contributed by atoms with Crippen molar-refractivity contribution in [3.05, 3.63) is 11.6 Å². The van der Waals surface area contributed by atoms with Gasteiger partial charge in [0.25, 0.3) is 0 Å². The maximum Gasteiger partial charge on any atom is 0.160 e. The van der Waals surface area contributed by atoms with E-state index < -0.39 is 0 Å². The number of methoxy groups -OCH3 is 1. The highest BCUT2D eigenvalue weighted by molar-refractivity contribution is 5.02. The summed E-state index contributed by atoms with van der Waals surface area (Å²) in [4.78, 5) is 0. The van der Waals surface area contributed by atoms with Crippen LogP contribution in [-0.4, -0.2) is 19.5 Å². The van der Waals surface area contributed by atoms with Crippen LogP contribution in [0.2, 0.25) is 0 Å². The van der Waals surface area contributed by atoms with E-state index in [0.717, 1.165) is 0 Å². The number of ether oxygens (including phenoxy) is 2. The molecule has 0 saturated carbocycles. The Morgan fingerprint density at radius 3 is 2.13 bits per heavy atom. The number of hydrogen-bond acceptors (Lipinski definition) is 2. The third-order valence-electron chi connectivity index (χ3n) is 3.63. The van der Waals surface area contributed by atoms with Crippen LogP contribution in [-0.2, 0) is 9.47 Å². The SMILES string of the molecule is CO[C@@H]1OC(C=C(C)C)[C@H](C)[C@H](C)C1C. The first kappa shape index (κ1) is 12.7. The molecule has 0 bridgehead atoms. The summed E-state index contributed by atoms with van der Waals surface area (Å²) < 4.78 is 11.3. The standard InChI is InChI=1S/C13H24O2/c1-8(2)7-12-10(4)9(3)11(5)13(14-6)15-12/h7,9-13H,1-6H3/t9-,10+,11?,12?,13+/m0/s1. The number of hydrogen-bond donors (Lipinski definition) is 0. The maximum absolute atomic E-state index is 5.94. The lowest BCUT2D eigenvalue weighted by Gasteiger charge is -2.42. The van der Waals surface area contributed by atoms with Gasteiger partial charge in [0, 0.05) is 13.0 Å². The van der Waals surface area contributed by atoms with Crippen LogP contribution in [0, 0.1) is 17.8 Å². The molecule has 0 spiro atoms. The summed E-state index contributed by atoms with van der Waals surface area (Å²) in [5.41, 5.74) is 1.31. The van der Waals surface area contributed by atoms with Crippen molar-refractivity contribution in [2.45, 2.75) is 47.0 Å². The molecule has 0 radical (unpaired) electrons. The van der Waals surface area contributed by atoms with Gasteiger partial charge in [-0.25, -0.2) is 0 Å². The Morgan fingerprint density at radius 1 is 1.07 bits per heavy atom. The van der Waals surface area contributed by atoms with E-state index in [1.807, 2.05) is 0 Å². The van der Waals surface area contributed by atoms with E-state index in [1.54, 1.807) is 7.11 Å². The summed E-state index contributed by atoms with van der Waals surface area (Å²) in [6.45, 7) is 11.0. The summed E-state index contributed by atoms with van der Waals surface area (Å²) in [5.74, 6) is 1.65. The largest absolute Gasteiger partial charge is 0.356 e. The van der Waals surface area contributed by atoms with Gasteiger partial charge in [0.05, 0.1) is 6.10 Å². The first-order valence-corrected chi connectivity index (χ1v) is 5.80. The molecule has 0 N–H and O–H groups in total. The monoisotopic (exact) mass is 212 g/mol. The third-order valence-corrected chi connectivity index (χ3v) is 3.63. The van der Waals surface area contributed by atoms with Crippen LogP contribution in [0.4, 0.5) is 0 Å². The zero-order chi connectivity index (χ0) is 11.6. The second kappa shape index (κ2) is 5.13. The molecule has 2 heteroatoms. The topological polar surface area (TPSA) is 18.5 Å². The number of allylic oxidation sites excluding steroid dienone is 1. The van der Waals surface area contributed by atoms with Gasteiger partial charge in [0.2, 0.25) is 0 Å². The highest BCUT2D eigenvalue weighted by Gasteiger charge is 2.37. The van der Waals surface area contributed by atoms with Crippen molar-refractivity contribution in [2.24, 2.45) is 17.8 Å². The summed E-state index contributed by atoms with van der Waals surface area (Å²) in [6, 6.07) is 0. The molecule has 1 rings (SSSR count). The van der Waals surface area contributed by atoms with Crippen LogP contribution in [0.1, 0.15) is 34.6 Å². The quantitative estimate of drug-likeness (QED) is 0.654. The lowest BCUT2D eigenvalue weighted by Crippen LogP contribution is -2.44. The predicted octanol–water partition coefficient (Wildman–Crippen LogP) is 3.23. The zero-order valence-electron chi connectivity index (χ0n) is 10.8. The molecule has 88 valence electrons. The molecule has 0 amide bonds. The lowest BCUT2D eigenvalue weighted by atomic mass is 9.78. The van der Waals surface area contributed by atoms with Crippen molar-refractivity contribution >= 4 is 0 Å². The van der Waals surface area contributed by atoms with Crippen LogP contribution >= 0.6 is 0 Å². The molecular weight excluding hydrogens is 188 g/mol. The minimum atomic E-state index is -0.0585. The molecule has 2 nitrogen and oxygen atoms in total. The van der Waals surface area contributed by atoms with Gasteiger partial charge >= 0.3 is 0 Å². The van der Waals surface area contributed by atoms with E-state index in [4.69, 9.17) is 9.47 Å². The molecule has 0 aromatic carbocycles. The molecule has 5 atom stereocenters. The van der Waals surface area contributed by atoms with Gasteiger partial charge in [-0.1, -0.05) is 32.4 Å². The molecule has 2 unspecified atom stereocenters. The first-order chi connectivity index (χ1) is 6.97. The highest BCUT2D eigenvalue weighted by Crippen LogP contribution is 2.35. The second-order valence-corrected chi connectivity index (χ2v) is 5.03. The Kier molecular flexibility index (Phi) is 4.35. The van der Waals surface area contributed by atoms with E-state index in [2.05, 4.69) is 40.7 Å². The predicted molar refractivity (Wildman–Crippen MR) is 62.6 cm³/mol. The fraction of sp³-hybridized carbons (Fsp3) is 0.846. The minimum Gasteiger partial charge on any atom is -0.356 e. The third kappa shape index (κ3) is 2.82. The van der Waals surface area contributed by atoms with Gasteiger partial charge in [-0.05, 0) is 25.7 Å². The van der Waals surface area contributed by atoms with Crippen molar-refractivity contribution in [1.29, 1.82) is 0 Å². The fourth-order valence-electron chi connectivity index (χ4n) is 2.22. The van der Waals surface area contributed by atoms with Crippen LogP contribution < -0.4 is 0 Å². The molecule has 1 fully saturated rings. The lowest BCUT2D eigenvalue weighted by molar-refractivity contribution is -0.225. The van der Waals surface area contributed by atoms with E-state index in [-0.39, 0.29) is 12.4 Å². The van der Waals surface area contributed by atoms with Gasteiger partial charge in [-0.2, -0.15) is 0 Å². The molecule has 0 aromatic heterocycles. The van der Waals surface area contributed by atoms with Crippen molar-refractivity contribution in [3.63, 3.8) is 0 Å². The van der Waals surface area contributed by atoms with Crippen LogP contribution in [0.3, 0.4) is 0 Å². The van der Waals surface area contributed by atoms with Crippen molar-refractivity contribution in [2.75, 3.05) is 7.11 Å². The molecule has 15 heavy (non-hydrogen) atoms. The molecule has 0 aliphatic carbocycles. The van der Waals surface area contributed by atoms with Crippen molar-refractivity contribution in [3.8, 4) is 0 Å². The molecule has 1 saturated heterocycles. The summed E-state index contributed by atoms with van der Waals surface area (Å²) in [7, 11) is 1.73. The Balaban J connectivity index is 2.78. The maximum atomic E-state index is 5.94. The van der Waals surface area contributed by atoms with Gasteiger partial charge in [-0.3, -0.25) is 0 Å². The van der Waals surface area contributed by atoms with Crippen LogP contribution in [0.15, 0.2) is 11.6 Å². The normalized spacial score (nSPS) is 41.3. The Morgan fingerprint density at radius 2 is 1.67 bits per heavy atom. The Labute approximate surface area is 93.7 Å². The minimum absolute atomic E-state index is 0.0585. The summed E-state index contributed by atoms with van der Waals surface area (Å²) in [6.07, 6.45) is 2.35. The van der Waals surface area contributed by atoms with Crippen LogP contribution in [0.25, 0.3) is 0 Å². The zero-order valence-corrected chi connectivity index (χ0v) is 10.8. The molecular formula is C13H24O2. The summed E-state index contributed by atoms with van der Waals surface area (Å²) in [5, 5.41) is 0. The van der Waals surface area contributed by atoms with Gasteiger partial charge in [-0.15, -0.1) is 0 Å². The first-order valence-electron chi connectivity index (χ1n) is 5.80. The molecule has 1 aliphatic heterocycles. The summed E-state index contributed by atoms with van der Waals surface area (Å²) >= 11 is 0. The smallest absolute Gasteiger partial charge is 0.160 e. The van der Waals surface area contributed by atoms with E-state index in [0.29, 0.717) is 17.8 Å². The fourth-order valence-corrected chi connectivity index (χ4v) is 2.22. The van der Waals surface area contributed by atoms with E-state index in [1.165, 1.54) is 5.57 Å². The second-order valence-electron chi connectivity index (χ2n) is 5.03. The number of rotatable bonds is 2. The van der Waals surface area contributed by atoms with Crippen LogP contribution in [0.5, 0.6) is 0 Å². The molecule has 1 aliphatic rings. The Bertz CT molecular complexity index is 229. The van der Waals surface area contributed by atoms with Gasteiger partial charge in [0.15, 0.2) is 6.29 Å². The highest BCUT2D eigenvalue weighted by atomic mass is 16.7. The van der Waals surface area contributed by atoms with Gasteiger partial charge in [0.1, 0.15) is 0 Å². The average molecular weight is 212 g/mol.